The van der Waals surface area contributed by atoms with Gasteiger partial charge in [0.15, 0.2) is 0 Å². The molecule has 1 heterocycles. The van der Waals surface area contributed by atoms with Crippen molar-refractivity contribution in [2.24, 2.45) is 11.1 Å². The summed E-state index contributed by atoms with van der Waals surface area (Å²) < 4.78 is 60.0. The van der Waals surface area contributed by atoms with Crippen LogP contribution >= 0.6 is 0 Å². The number of nitrogens with zero attached hydrogens (tertiary/aromatic N) is 1. The number of alkyl halides is 3. The van der Waals surface area contributed by atoms with Gasteiger partial charge in [0, 0.05) is 24.2 Å². The van der Waals surface area contributed by atoms with E-state index in [0.29, 0.717) is 12.1 Å². The van der Waals surface area contributed by atoms with Gasteiger partial charge in [0.25, 0.3) is 0 Å². The summed E-state index contributed by atoms with van der Waals surface area (Å²) in [6.07, 6.45) is -3.15. The molecular weight excluding hydrogens is 369 g/mol. The summed E-state index contributed by atoms with van der Waals surface area (Å²) in [6, 6.07) is 8.14. The second kappa shape index (κ2) is 6.48. The standard InChI is InChI=1S/C17H15F3N2O3S/c18-17(19,20)11-3-4-12(22-9-11)7-16(23)15-8-14(15)10-1-5-13(6-2-10)26(21,24)25/h1-6,9,14-15H,7-8H2,(H2,21,24,25)/t14-,15+/m1/s1. The fourth-order valence-corrected chi connectivity index (χ4v) is 3.35. The zero-order chi connectivity index (χ0) is 19.1. The number of benzene rings is 1. The highest BCUT2D eigenvalue weighted by Gasteiger charge is 2.43. The van der Waals surface area contributed by atoms with Gasteiger partial charge in [-0.3, -0.25) is 9.78 Å². The zero-order valence-electron chi connectivity index (χ0n) is 13.4. The molecule has 0 amide bonds. The van der Waals surface area contributed by atoms with Gasteiger partial charge in [0.2, 0.25) is 10.0 Å². The van der Waals surface area contributed by atoms with E-state index < -0.39 is 21.8 Å². The summed E-state index contributed by atoms with van der Waals surface area (Å²) in [6.45, 7) is 0. The predicted octanol–water partition coefficient (Wildman–Crippen LogP) is 2.66. The van der Waals surface area contributed by atoms with Crippen molar-refractivity contribution in [2.45, 2.75) is 29.8 Å². The highest BCUT2D eigenvalue weighted by Crippen LogP contribution is 2.48. The van der Waals surface area contributed by atoms with Gasteiger partial charge in [-0.25, -0.2) is 13.6 Å². The van der Waals surface area contributed by atoms with Crippen LogP contribution in [0, 0.1) is 5.92 Å². The summed E-state index contributed by atoms with van der Waals surface area (Å²) in [5.41, 5.74) is 0.266. The van der Waals surface area contributed by atoms with Crippen molar-refractivity contribution in [3.63, 3.8) is 0 Å². The van der Waals surface area contributed by atoms with E-state index in [-0.39, 0.29) is 28.9 Å². The Morgan fingerprint density at radius 3 is 2.31 bits per heavy atom. The Morgan fingerprint density at radius 1 is 1.15 bits per heavy atom. The summed E-state index contributed by atoms with van der Waals surface area (Å²) in [7, 11) is -3.76. The van der Waals surface area contributed by atoms with E-state index in [2.05, 4.69) is 4.98 Å². The molecule has 0 radical (unpaired) electrons. The van der Waals surface area contributed by atoms with Gasteiger partial charge < -0.3 is 0 Å². The molecule has 0 saturated heterocycles. The molecule has 0 unspecified atom stereocenters. The summed E-state index contributed by atoms with van der Waals surface area (Å²) >= 11 is 0. The SMILES string of the molecule is NS(=O)(=O)c1ccc([C@H]2C[C@@H]2C(=O)Cc2ccc(C(F)(F)F)cn2)cc1. The van der Waals surface area contributed by atoms with Crippen LogP contribution in [0.3, 0.4) is 0 Å². The first-order valence-corrected chi connectivity index (χ1v) is 9.28. The van der Waals surface area contributed by atoms with Crippen LogP contribution in [-0.4, -0.2) is 19.2 Å². The van der Waals surface area contributed by atoms with Gasteiger partial charge in [-0.2, -0.15) is 13.2 Å². The lowest BCUT2D eigenvalue weighted by atomic mass is 10.0. The minimum absolute atomic E-state index is 0.00118. The molecule has 1 aromatic carbocycles. The van der Waals surface area contributed by atoms with E-state index in [9.17, 15) is 26.4 Å². The minimum Gasteiger partial charge on any atom is -0.299 e. The number of carbonyl (C=O) groups is 1. The van der Waals surface area contributed by atoms with Gasteiger partial charge >= 0.3 is 6.18 Å². The Kier molecular flexibility index (Phi) is 4.61. The Bertz CT molecular complexity index is 923. The molecular formula is C17H15F3N2O3S. The lowest BCUT2D eigenvalue weighted by Crippen LogP contribution is -2.12. The minimum atomic E-state index is -4.46. The predicted molar refractivity (Wildman–Crippen MR) is 86.6 cm³/mol. The average molecular weight is 384 g/mol. The third-order valence-electron chi connectivity index (χ3n) is 4.35. The second-order valence-electron chi connectivity index (χ2n) is 6.24. The molecule has 26 heavy (non-hydrogen) atoms. The van der Waals surface area contributed by atoms with Crippen LogP contribution in [0.25, 0.3) is 0 Å². The number of hydrogen-bond donors (Lipinski definition) is 1. The molecule has 3 rings (SSSR count). The number of aromatic nitrogens is 1. The molecule has 5 nitrogen and oxygen atoms in total. The highest BCUT2D eigenvalue weighted by molar-refractivity contribution is 7.89. The van der Waals surface area contributed by atoms with Crippen LogP contribution in [-0.2, 0) is 27.4 Å². The average Bonchev–Trinajstić information content (AvgIpc) is 3.34. The van der Waals surface area contributed by atoms with Gasteiger partial charge in [-0.05, 0) is 42.2 Å². The van der Waals surface area contributed by atoms with E-state index in [1.165, 1.54) is 18.2 Å². The fraction of sp³-hybridized carbons (Fsp3) is 0.294. The molecule has 1 aliphatic rings. The highest BCUT2D eigenvalue weighted by atomic mass is 32.2. The molecule has 1 aromatic heterocycles. The monoisotopic (exact) mass is 384 g/mol. The normalized spacial score (nSPS) is 20.0. The van der Waals surface area contributed by atoms with Crippen molar-refractivity contribution in [3.8, 4) is 0 Å². The first kappa shape index (κ1) is 18.5. The van der Waals surface area contributed by atoms with Crippen LogP contribution in [0.4, 0.5) is 13.2 Å². The number of carbonyl (C=O) groups excluding carboxylic acids is 1. The van der Waals surface area contributed by atoms with Crippen molar-refractivity contribution >= 4 is 15.8 Å². The maximum atomic E-state index is 12.5. The van der Waals surface area contributed by atoms with E-state index in [1.807, 2.05) is 0 Å². The summed E-state index contributed by atoms with van der Waals surface area (Å²) in [5, 5.41) is 5.04. The van der Waals surface area contributed by atoms with Gasteiger partial charge in [0.1, 0.15) is 5.78 Å². The number of pyridine rings is 1. The lowest BCUT2D eigenvalue weighted by Gasteiger charge is -2.06. The summed E-state index contributed by atoms with van der Waals surface area (Å²) in [5.74, 6) is -0.358. The van der Waals surface area contributed by atoms with Gasteiger partial charge in [0.05, 0.1) is 10.5 Å². The third-order valence-corrected chi connectivity index (χ3v) is 5.28. The molecule has 138 valence electrons. The Morgan fingerprint density at radius 2 is 1.81 bits per heavy atom. The topological polar surface area (TPSA) is 90.1 Å². The quantitative estimate of drug-likeness (QED) is 0.858. The smallest absolute Gasteiger partial charge is 0.299 e. The van der Waals surface area contributed by atoms with Gasteiger partial charge in [-0.15, -0.1) is 0 Å². The molecule has 1 fully saturated rings. The Hall–Kier alpha value is -2.26. The number of rotatable bonds is 5. The van der Waals surface area contributed by atoms with Crippen molar-refractivity contribution in [3.05, 3.63) is 59.4 Å². The number of ketones is 1. The van der Waals surface area contributed by atoms with Crippen LogP contribution in [0.15, 0.2) is 47.5 Å². The van der Waals surface area contributed by atoms with E-state index in [0.717, 1.165) is 17.8 Å². The van der Waals surface area contributed by atoms with E-state index in [1.54, 1.807) is 12.1 Å². The Balaban J connectivity index is 1.62. The number of Topliss-reactive ketones (excluding diaryl/α,β-unsaturated/α-hetero) is 1. The molecule has 2 aromatic rings. The number of sulfonamides is 1. The molecule has 2 atom stereocenters. The number of primary sulfonamides is 1. The molecule has 1 saturated carbocycles. The molecule has 0 bridgehead atoms. The largest absolute Gasteiger partial charge is 0.417 e. The van der Waals surface area contributed by atoms with Crippen LogP contribution in [0.2, 0.25) is 0 Å². The molecule has 0 aliphatic heterocycles. The molecule has 2 N–H and O–H groups in total. The summed E-state index contributed by atoms with van der Waals surface area (Å²) in [4.78, 5) is 16.0. The maximum absolute atomic E-state index is 12.5. The van der Waals surface area contributed by atoms with Crippen LogP contribution in [0.1, 0.15) is 29.2 Å². The lowest BCUT2D eigenvalue weighted by molar-refractivity contribution is -0.137. The second-order valence-corrected chi connectivity index (χ2v) is 7.80. The number of halogens is 3. The maximum Gasteiger partial charge on any atom is 0.417 e. The third kappa shape index (κ3) is 4.10. The number of hydrogen-bond acceptors (Lipinski definition) is 4. The molecule has 0 spiro atoms. The zero-order valence-corrected chi connectivity index (χ0v) is 14.2. The van der Waals surface area contributed by atoms with Crippen LogP contribution < -0.4 is 5.14 Å². The molecule has 1 aliphatic carbocycles. The van der Waals surface area contributed by atoms with Crippen LogP contribution in [0.5, 0.6) is 0 Å². The Labute approximate surface area is 148 Å². The van der Waals surface area contributed by atoms with E-state index in [4.69, 9.17) is 5.14 Å². The van der Waals surface area contributed by atoms with Crippen molar-refractivity contribution in [1.29, 1.82) is 0 Å². The van der Waals surface area contributed by atoms with E-state index >= 15 is 0 Å². The van der Waals surface area contributed by atoms with Crippen molar-refractivity contribution in [1.82, 2.24) is 4.98 Å². The first-order valence-electron chi connectivity index (χ1n) is 7.73. The molecule has 9 heteroatoms. The van der Waals surface area contributed by atoms with Gasteiger partial charge in [-0.1, -0.05) is 12.1 Å². The number of nitrogens with two attached hydrogens (primary N) is 1. The van der Waals surface area contributed by atoms with Crippen molar-refractivity contribution < 1.29 is 26.4 Å². The van der Waals surface area contributed by atoms with Crippen molar-refractivity contribution in [2.75, 3.05) is 0 Å². The fourth-order valence-electron chi connectivity index (χ4n) is 2.83. The first-order chi connectivity index (χ1) is 12.1.